The molecule has 0 aliphatic carbocycles. The largest absolute Gasteiger partial charge is 0.392 e. The summed E-state index contributed by atoms with van der Waals surface area (Å²) in [4.78, 5) is 14.0. The van der Waals surface area contributed by atoms with Gasteiger partial charge in [0.1, 0.15) is 0 Å². The molecule has 2 heterocycles. The summed E-state index contributed by atoms with van der Waals surface area (Å²) in [5, 5.41) is 12.5. The number of amides is 1. The Labute approximate surface area is 137 Å². The Morgan fingerprint density at radius 2 is 1.96 bits per heavy atom. The van der Waals surface area contributed by atoms with Crippen LogP contribution in [-0.4, -0.2) is 92.0 Å². The Balaban J connectivity index is 1.80. The molecule has 9 heteroatoms. The third-order valence-corrected chi connectivity index (χ3v) is 5.98. The van der Waals surface area contributed by atoms with Gasteiger partial charge in [-0.15, -0.1) is 0 Å². The van der Waals surface area contributed by atoms with Crippen LogP contribution in [0.15, 0.2) is 0 Å². The van der Waals surface area contributed by atoms with E-state index in [1.165, 1.54) is 4.31 Å². The first kappa shape index (κ1) is 18.6. The van der Waals surface area contributed by atoms with Crippen molar-refractivity contribution in [3.63, 3.8) is 0 Å². The maximum atomic E-state index is 12.3. The minimum absolute atomic E-state index is 0.00827. The fourth-order valence-electron chi connectivity index (χ4n) is 2.83. The van der Waals surface area contributed by atoms with Crippen molar-refractivity contribution in [2.24, 2.45) is 0 Å². The van der Waals surface area contributed by atoms with E-state index in [2.05, 4.69) is 5.32 Å². The van der Waals surface area contributed by atoms with Crippen LogP contribution in [0, 0.1) is 0 Å². The van der Waals surface area contributed by atoms with Crippen molar-refractivity contribution in [3.05, 3.63) is 0 Å². The smallest absolute Gasteiger partial charge is 0.239 e. The number of nitrogens with one attached hydrogen (secondary N) is 1. The molecule has 2 unspecified atom stereocenters. The molecule has 23 heavy (non-hydrogen) atoms. The van der Waals surface area contributed by atoms with Gasteiger partial charge in [0.05, 0.1) is 30.6 Å². The Kier molecular flexibility index (Phi) is 6.38. The number of aliphatic hydroxyl groups is 1. The zero-order chi connectivity index (χ0) is 17.0. The first-order valence-corrected chi connectivity index (χ1v) is 9.70. The molecule has 2 saturated heterocycles. The van der Waals surface area contributed by atoms with E-state index in [0.29, 0.717) is 39.1 Å². The van der Waals surface area contributed by atoms with Crippen molar-refractivity contribution in [3.8, 4) is 0 Å². The zero-order valence-electron chi connectivity index (χ0n) is 13.8. The van der Waals surface area contributed by atoms with Crippen molar-refractivity contribution in [2.45, 2.75) is 38.5 Å². The van der Waals surface area contributed by atoms with Gasteiger partial charge in [-0.25, -0.2) is 8.42 Å². The van der Waals surface area contributed by atoms with Crippen molar-refractivity contribution in [1.29, 1.82) is 0 Å². The van der Waals surface area contributed by atoms with Crippen LogP contribution in [0.1, 0.15) is 20.3 Å². The molecule has 2 fully saturated rings. The molecular formula is C14H27N3O5S. The highest BCUT2D eigenvalue weighted by Gasteiger charge is 2.34. The lowest BCUT2D eigenvalue weighted by Gasteiger charge is -2.35. The van der Waals surface area contributed by atoms with E-state index in [0.717, 1.165) is 0 Å². The maximum Gasteiger partial charge on any atom is 0.239 e. The van der Waals surface area contributed by atoms with Gasteiger partial charge in [-0.05, 0) is 20.3 Å². The molecule has 1 amide bonds. The maximum absolute atomic E-state index is 12.3. The molecule has 2 N–H and O–H groups in total. The van der Waals surface area contributed by atoms with Crippen molar-refractivity contribution in [2.75, 3.05) is 45.1 Å². The highest BCUT2D eigenvalue weighted by molar-refractivity contribution is 7.89. The fraction of sp³-hybridized carbons (Fsp3) is 0.929. The lowest BCUT2D eigenvalue weighted by Crippen LogP contribution is -2.54. The van der Waals surface area contributed by atoms with Crippen LogP contribution in [0.5, 0.6) is 0 Å². The van der Waals surface area contributed by atoms with Gasteiger partial charge >= 0.3 is 0 Å². The molecular weight excluding hydrogens is 322 g/mol. The SMILES string of the molecule is CC(C)OCCS(=O)(=O)N1CCN(C(=O)C2CC(O)CN2)CC1. The van der Waals surface area contributed by atoms with Crippen LogP contribution in [0.4, 0.5) is 0 Å². The van der Waals surface area contributed by atoms with Crippen LogP contribution >= 0.6 is 0 Å². The number of β-amino-alcohol motifs (C(OH)–C–C–N with tert-alkyl or cyclic N) is 1. The summed E-state index contributed by atoms with van der Waals surface area (Å²) in [6.07, 6.45) is -0.0512. The number of piperazine rings is 1. The average Bonchev–Trinajstić information content (AvgIpc) is 2.92. The quantitative estimate of drug-likeness (QED) is 0.612. The summed E-state index contributed by atoms with van der Waals surface area (Å²) >= 11 is 0. The number of ether oxygens (including phenoxy) is 1. The lowest BCUT2D eigenvalue weighted by atomic mass is 10.1. The second-order valence-electron chi connectivity index (χ2n) is 6.31. The standard InChI is InChI=1S/C14H27N3O5S/c1-11(2)22-7-8-23(20,21)17-5-3-16(4-6-17)14(19)13-9-12(18)10-15-13/h11-13,15,18H,3-10H2,1-2H3. The predicted molar refractivity (Wildman–Crippen MR) is 85.4 cm³/mol. The summed E-state index contributed by atoms with van der Waals surface area (Å²) < 4.78 is 31.2. The van der Waals surface area contributed by atoms with Crippen molar-refractivity contribution < 1.29 is 23.1 Å². The third-order valence-electron chi connectivity index (χ3n) is 4.14. The van der Waals surface area contributed by atoms with Crippen LogP contribution in [0.2, 0.25) is 0 Å². The number of carbonyl (C=O) groups excluding carboxylic acids is 1. The molecule has 2 aliphatic heterocycles. The minimum atomic E-state index is -3.34. The fourth-order valence-corrected chi connectivity index (χ4v) is 4.12. The predicted octanol–water partition coefficient (Wildman–Crippen LogP) is -1.39. The molecule has 2 atom stereocenters. The lowest BCUT2D eigenvalue weighted by molar-refractivity contribution is -0.134. The molecule has 0 aromatic heterocycles. The van der Waals surface area contributed by atoms with E-state index in [4.69, 9.17) is 4.74 Å². The third kappa shape index (κ3) is 5.12. The molecule has 0 aromatic rings. The van der Waals surface area contributed by atoms with Gasteiger partial charge in [0.25, 0.3) is 0 Å². The van der Waals surface area contributed by atoms with E-state index >= 15 is 0 Å². The summed E-state index contributed by atoms with van der Waals surface area (Å²) in [5.74, 6) is -0.0862. The molecule has 0 saturated carbocycles. The van der Waals surface area contributed by atoms with Crippen molar-refractivity contribution >= 4 is 15.9 Å². The molecule has 134 valence electrons. The minimum Gasteiger partial charge on any atom is -0.392 e. The van der Waals surface area contributed by atoms with E-state index < -0.39 is 16.1 Å². The molecule has 8 nitrogen and oxygen atoms in total. The molecule has 0 radical (unpaired) electrons. The van der Waals surface area contributed by atoms with Gasteiger partial charge in [-0.2, -0.15) is 4.31 Å². The van der Waals surface area contributed by atoms with E-state index in [-0.39, 0.29) is 30.4 Å². The first-order valence-electron chi connectivity index (χ1n) is 8.09. The highest BCUT2D eigenvalue weighted by Crippen LogP contribution is 2.13. The number of aliphatic hydroxyl groups excluding tert-OH is 1. The van der Waals surface area contributed by atoms with Crippen molar-refractivity contribution in [1.82, 2.24) is 14.5 Å². The summed E-state index contributed by atoms with van der Waals surface area (Å²) in [7, 11) is -3.34. The molecule has 0 aromatic carbocycles. The van der Waals surface area contributed by atoms with Gasteiger partial charge in [0, 0.05) is 32.7 Å². The molecule has 0 bridgehead atoms. The topological polar surface area (TPSA) is 99.2 Å². The number of sulfonamides is 1. The first-order chi connectivity index (χ1) is 10.8. The number of nitrogens with zero attached hydrogens (tertiary/aromatic N) is 2. The average molecular weight is 349 g/mol. The van der Waals surface area contributed by atoms with Crippen LogP contribution in [0.25, 0.3) is 0 Å². The Morgan fingerprint density at radius 3 is 2.48 bits per heavy atom. The van der Waals surface area contributed by atoms with Crippen LogP contribution in [-0.2, 0) is 19.6 Å². The Bertz CT molecular complexity index is 503. The Hall–Kier alpha value is -0.740. The van der Waals surface area contributed by atoms with Gasteiger partial charge in [0.15, 0.2) is 0 Å². The number of hydrogen-bond donors (Lipinski definition) is 2. The van der Waals surface area contributed by atoms with E-state index in [1.54, 1.807) is 4.90 Å². The molecule has 2 rings (SSSR count). The zero-order valence-corrected chi connectivity index (χ0v) is 14.6. The molecule has 2 aliphatic rings. The van der Waals surface area contributed by atoms with Crippen LogP contribution in [0.3, 0.4) is 0 Å². The van der Waals surface area contributed by atoms with Gasteiger partial charge < -0.3 is 20.1 Å². The summed E-state index contributed by atoms with van der Waals surface area (Å²) in [6.45, 7) is 5.74. The number of carbonyl (C=O) groups is 1. The summed E-state index contributed by atoms with van der Waals surface area (Å²) in [6, 6.07) is -0.354. The Morgan fingerprint density at radius 1 is 1.30 bits per heavy atom. The second kappa shape index (κ2) is 7.89. The second-order valence-corrected chi connectivity index (χ2v) is 8.40. The van der Waals surface area contributed by atoms with Gasteiger partial charge in [-0.1, -0.05) is 0 Å². The summed E-state index contributed by atoms with van der Waals surface area (Å²) in [5.41, 5.74) is 0. The van der Waals surface area contributed by atoms with E-state index in [1.807, 2.05) is 13.8 Å². The monoisotopic (exact) mass is 349 g/mol. The van der Waals surface area contributed by atoms with E-state index in [9.17, 15) is 18.3 Å². The number of hydrogen-bond acceptors (Lipinski definition) is 6. The molecule has 0 spiro atoms. The number of rotatable bonds is 6. The van der Waals surface area contributed by atoms with Crippen LogP contribution < -0.4 is 5.32 Å². The van der Waals surface area contributed by atoms with Gasteiger partial charge in [-0.3, -0.25) is 4.79 Å². The highest BCUT2D eigenvalue weighted by atomic mass is 32.2. The normalized spacial score (nSPS) is 26.9. The van der Waals surface area contributed by atoms with Gasteiger partial charge in [0.2, 0.25) is 15.9 Å².